The van der Waals surface area contributed by atoms with Crippen molar-refractivity contribution in [3.8, 4) is 0 Å². The molecule has 1 N–H and O–H groups in total. The van der Waals surface area contributed by atoms with Crippen molar-refractivity contribution in [1.29, 1.82) is 0 Å². The van der Waals surface area contributed by atoms with Gasteiger partial charge in [0.2, 0.25) is 5.91 Å². The number of halogens is 1. The van der Waals surface area contributed by atoms with Crippen molar-refractivity contribution >= 4 is 35.4 Å². The van der Waals surface area contributed by atoms with E-state index in [2.05, 4.69) is 0 Å². The molecule has 0 aromatic heterocycles. The second-order valence-electron chi connectivity index (χ2n) is 5.52. The van der Waals surface area contributed by atoms with Crippen molar-refractivity contribution in [2.24, 2.45) is 5.92 Å². The third kappa shape index (κ3) is 5.42. The molecule has 0 spiro atoms. The van der Waals surface area contributed by atoms with Crippen molar-refractivity contribution in [3.05, 3.63) is 30.1 Å². The molecule has 1 aromatic carbocycles. The molecule has 1 aliphatic heterocycles. The zero-order valence-electron chi connectivity index (χ0n) is 12.9. The molecular weight excluding hydrogens is 337 g/mol. The Balaban J connectivity index is 1.91. The molecule has 0 bridgehead atoms. The fraction of sp³-hybridized carbons (Fsp3) is 0.500. The van der Waals surface area contributed by atoms with Crippen LogP contribution in [0.3, 0.4) is 0 Å². The van der Waals surface area contributed by atoms with Crippen LogP contribution in [0.1, 0.15) is 13.3 Å². The van der Waals surface area contributed by atoms with Gasteiger partial charge in [-0.05, 0) is 24.3 Å². The fourth-order valence-corrected chi connectivity index (χ4v) is 4.40. The number of hydrogen-bond donors (Lipinski definition) is 1. The Hall–Kier alpha value is -1.21. The smallest absolute Gasteiger partial charge is 0.305 e. The van der Waals surface area contributed by atoms with Gasteiger partial charge in [0.25, 0.3) is 0 Å². The Kier molecular flexibility index (Phi) is 6.77. The largest absolute Gasteiger partial charge is 0.481 e. The topological polar surface area (TPSA) is 57.6 Å². The van der Waals surface area contributed by atoms with E-state index >= 15 is 0 Å². The third-order valence-corrected chi connectivity index (χ3v) is 6.02. The number of aliphatic carboxylic acids is 1. The van der Waals surface area contributed by atoms with Crippen LogP contribution in [0.4, 0.5) is 4.39 Å². The highest BCUT2D eigenvalue weighted by atomic mass is 32.2. The summed E-state index contributed by atoms with van der Waals surface area (Å²) in [4.78, 5) is 26.2. The van der Waals surface area contributed by atoms with Crippen LogP contribution < -0.4 is 0 Å². The minimum absolute atomic E-state index is 0.00341. The van der Waals surface area contributed by atoms with Crippen LogP contribution >= 0.6 is 23.5 Å². The lowest BCUT2D eigenvalue weighted by Gasteiger charge is -2.36. The predicted molar refractivity (Wildman–Crippen MR) is 91.4 cm³/mol. The number of thioether (sulfide) groups is 2. The summed E-state index contributed by atoms with van der Waals surface area (Å²) < 4.78 is 12.9. The maximum atomic E-state index is 12.9. The Morgan fingerprint density at radius 1 is 1.43 bits per heavy atom. The van der Waals surface area contributed by atoms with E-state index in [4.69, 9.17) is 5.11 Å². The van der Waals surface area contributed by atoms with E-state index in [9.17, 15) is 14.0 Å². The number of nitrogens with zero attached hydrogens (tertiary/aromatic N) is 1. The molecule has 1 aromatic rings. The Labute approximate surface area is 143 Å². The molecule has 1 heterocycles. The second kappa shape index (κ2) is 8.59. The van der Waals surface area contributed by atoms with Gasteiger partial charge >= 0.3 is 5.97 Å². The third-order valence-electron chi connectivity index (χ3n) is 3.66. The monoisotopic (exact) mass is 357 g/mol. The summed E-state index contributed by atoms with van der Waals surface area (Å²) in [6, 6.07) is 5.97. The molecule has 2 unspecified atom stereocenters. The Morgan fingerprint density at radius 2 is 2.13 bits per heavy atom. The van der Waals surface area contributed by atoms with Crippen LogP contribution in [0.25, 0.3) is 0 Å². The van der Waals surface area contributed by atoms with Crippen LogP contribution in [0.5, 0.6) is 0 Å². The highest BCUT2D eigenvalue weighted by Crippen LogP contribution is 2.25. The van der Waals surface area contributed by atoms with Gasteiger partial charge in [0, 0.05) is 34.6 Å². The van der Waals surface area contributed by atoms with Crippen LogP contribution in [0.2, 0.25) is 0 Å². The summed E-state index contributed by atoms with van der Waals surface area (Å²) in [6.07, 6.45) is -0.00341. The molecule has 2 rings (SSSR count). The molecule has 0 saturated carbocycles. The summed E-state index contributed by atoms with van der Waals surface area (Å²) >= 11 is 3.20. The van der Waals surface area contributed by atoms with Crippen LogP contribution in [0, 0.1) is 11.7 Å². The average Bonchev–Trinajstić information content (AvgIpc) is 2.53. The van der Waals surface area contributed by atoms with Gasteiger partial charge in [-0.25, -0.2) is 4.39 Å². The number of benzene rings is 1. The van der Waals surface area contributed by atoms with E-state index in [0.717, 1.165) is 10.6 Å². The Morgan fingerprint density at radius 3 is 2.78 bits per heavy atom. The number of carboxylic acids is 1. The van der Waals surface area contributed by atoms with E-state index in [-0.39, 0.29) is 30.1 Å². The molecule has 1 fully saturated rings. The zero-order valence-corrected chi connectivity index (χ0v) is 14.5. The van der Waals surface area contributed by atoms with Crippen molar-refractivity contribution in [3.63, 3.8) is 0 Å². The number of rotatable bonds is 6. The lowest BCUT2D eigenvalue weighted by Crippen LogP contribution is -2.49. The molecular formula is C16H20FNO3S2. The molecule has 1 saturated heterocycles. The van der Waals surface area contributed by atoms with Gasteiger partial charge in [-0.1, -0.05) is 6.92 Å². The minimum atomic E-state index is -0.872. The van der Waals surface area contributed by atoms with E-state index < -0.39 is 5.97 Å². The summed E-state index contributed by atoms with van der Waals surface area (Å²) in [5, 5.41) is 9.00. The molecule has 0 radical (unpaired) electrons. The number of carbonyl (C=O) groups is 2. The first-order valence-corrected chi connectivity index (χ1v) is 9.60. The number of carboxylic acid groups (broad SMARTS) is 1. The lowest BCUT2D eigenvalue weighted by atomic mass is 10.1. The van der Waals surface area contributed by atoms with Crippen molar-refractivity contribution in [2.75, 3.05) is 23.8 Å². The van der Waals surface area contributed by atoms with E-state index in [1.165, 1.54) is 23.9 Å². The molecule has 7 heteroatoms. The molecule has 1 amide bonds. The van der Waals surface area contributed by atoms with Crippen molar-refractivity contribution < 1.29 is 19.1 Å². The lowest BCUT2D eigenvalue weighted by molar-refractivity contribution is -0.141. The van der Waals surface area contributed by atoms with E-state index in [1.54, 1.807) is 28.8 Å². The zero-order chi connectivity index (χ0) is 16.8. The van der Waals surface area contributed by atoms with Crippen molar-refractivity contribution in [1.82, 2.24) is 4.90 Å². The fourth-order valence-electron chi connectivity index (χ4n) is 2.42. The highest BCUT2D eigenvalue weighted by Gasteiger charge is 2.31. The van der Waals surface area contributed by atoms with Gasteiger partial charge in [0.15, 0.2) is 0 Å². The standard InChI is InChI=1S/C16H20FNO3S2/c1-11(9-23-14-4-2-12(17)3-5-14)16(21)18-6-7-22-10-13(18)8-15(19)20/h2-5,11,13H,6-10H2,1H3,(H,19,20). The highest BCUT2D eigenvalue weighted by molar-refractivity contribution is 7.99. The maximum absolute atomic E-state index is 12.9. The van der Waals surface area contributed by atoms with Gasteiger partial charge in [-0.2, -0.15) is 11.8 Å². The normalized spacial score (nSPS) is 19.4. The first kappa shape index (κ1) is 18.1. The van der Waals surface area contributed by atoms with Gasteiger partial charge < -0.3 is 10.0 Å². The van der Waals surface area contributed by atoms with Gasteiger partial charge in [0.1, 0.15) is 5.82 Å². The summed E-state index contributed by atoms with van der Waals surface area (Å²) in [7, 11) is 0. The number of carbonyl (C=O) groups excluding carboxylic acids is 1. The number of hydrogen-bond acceptors (Lipinski definition) is 4. The van der Waals surface area contributed by atoms with Gasteiger partial charge in [-0.3, -0.25) is 9.59 Å². The summed E-state index contributed by atoms with van der Waals surface area (Å²) in [5.74, 6) is 0.767. The molecule has 23 heavy (non-hydrogen) atoms. The number of amides is 1. The quantitative estimate of drug-likeness (QED) is 0.793. The molecule has 126 valence electrons. The predicted octanol–water partition coefficient (Wildman–Crippen LogP) is 2.97. The van der Waals surface area contributed by atoms with Gasteiger partial charge in [0.05, 0.1) is 12.5 Å². The minimum Gasteiger partial charge on any atom is -0.481 e. The maximum Gasteiger partial charge on any atom is 0.305 e. The first-order chi connectivity index (χ1) is 11.0. The van der Waals surface area contributed by atoms with Crippen molar-refractivity contribution in [2.45, 2.75) is 24.3 Å². The van der Waals surface area contributed by atoms with E-state index in [0.29, 0.717) is 18.1 Å². The SMILES string of the molecule is CC(CSc1ccc(F)cc1)C(=O)N1CCSCC1CC(=O)O. The molecule has 2 atom stereocenters. The molecule has 4 nitrogen and oxygen atoms in total. The van der Waals surface area contributed by atoms with E-state index in [1.807, 2.05) is 6.92 Å². The second-order valence-corrected chi connectivity index (χ2v) is 7.77. The first-order valence-electron chi connectivity index (χ1n) is 7.45. The van der Waals surface area contributed by atoms with Gasteiger partial charge in [-0.15, -0.1) is 11.8 Å². The molecule has 1 aliphatic rings. The average molecular weight is 357 g/mol. The molecule has 0 aliphatic carbocycles. The van der Waals surface area contributed by atoms with Crippen LogP contribution in [-0.4, -0.2) is 51.7 Å². The van der Waals surface area contributed by atoms with Crippen LogP contribution in [0.15, 0.2) is 29.2 Å². The summed E-state index contributed by atoms with van der Waals surface area (Å²) in [5.41, 5.74) is 0. The van der Waals surface area contributed by atoms with Crippen LogP contribution in [-0.2, 0) is 9.59 Å². The Bertz CT molecular complexity index is 553. The summed E-state index contributed by atoms with van der Waals surface area (Å²) in [6.45, 7) is 2.46.